The first kappa shape index (κ1) is 15.8. The molecular formula is C14H21ClN2O2S. The van der Waals surface area contributed by atoms with E-state index in [4.69, 9.17) is 17.3 Å². The fourth-order valence-electron chi connectivity index (χ4n) is 2.64. The van der Waals surface area contributed by atoms with Gasteiger partial charge in [-0.2, -0.15) is 4.31 Å². The number of nitrogens with two attached hydrogens (primary N) is 1. The van der Waals surface area contributed by atoms with Crippen LogP contribution in [0.5, 0.6) is 0 Å². The van der Waals surface area contributed by atoms with Gasteiger partial charge in [0.2, 0.25) is 10.0 Å². The molecule has 2 N–H and O–H groups in total. The van der Waals surface area contributed by atoms with Crippen LogP contribution in [0.1, 0.15) is 32.3 Å². The second kappa shape index (κ2) is 6.02. The molecule has 1 heterocycles. The molecule has 0 radical (unpaired) electrons. The summed E-state index contributed by atoms with van der Waals surface area (Å²) in [6.45, 7) is 4.90. The van der Waals surface area contributed by atoms with Crippen molar-refractivity contribution in [2.24, 2.45) is 11.7 Å². The molecule has 0 aliphatic carbocycles. The van der Waals surface area contributed by atoms with E-state index in [0.717, 1.165) is 18.4 Å². The lowest BCUT2D eigenvalue weighted by Gasteiger charge is -2.37. The SMILES string of the molecule is CC1CCCN(S(=O)(=O)c2cc(CN)ccc2Cl)C1C. The number of hydrogen-bond acceptors (Lipinski definition) is 3. The topological polar surface area (TPSA) is 63.4 Å². The highest BCUT2D eigenvalue weighted by atomic mass is 35.5. The molecule has 1 aromatic rings. The van der Waals surface area contributed by atoms with Gasteiger partial charge in [0.1, 0.15) is 4.90 Å². The Morgan fingerprint density at radius 2 is 2.10 bits per heavy atom. The molecule has 0 spiro atoms. The summed E-state index contributed by atoms with van der Waals surface area (Å²) >= 11 is 6.09. The first-order chi connectivity index (χ1) is 9.37. The van der Waals surface area contributed by atoms with Crippen molar-refractivity contribution in [3.8, 4) is 0 Å². The minimum atomic E-state index is -3.56. The van der Waals surface area contributed by atoms with Crippen LogP contribution in [0.3, 0.4) is 0 Å². The molecule has 1 aliphatic rings. The fraction of sp³-hybridized carbons (Fsp3) is 0.571. The van der Waals surface area contributed by atoms with Crippen molar-refractivity contribution in [2.75, 3.05) is 6.54 Å². The maximum atomic E-state index is 12.8. The van der Waals surface area contributed by atoms with Gasteiger partial charge in [-0.1, -0.05) is 24.6 Å². The van der Waals surface area contributed by atoms with Crippen molar-refractivity contribution in [3.05, 3.63) is 28.8 Å². The summed E-state index contributed by atoms with van der Waals surface area (Å²) in [4.78, 5) is 0.170. The second-order valence-electron chi connectivity index (χ2n) is 5.44. The van der Waals surface area contributed by atoms with Crippen LogP contribution in [0, 0.1) is 5.92 Å². The van der Waals surface area contributed by atoms with E-state index >= 15 is 0 Å². The number of sulfonamides is 1. The third-order valence-electron chi connectivity index (χ3n) is 4.13. The molecule has 0 bridgehead atoms. The zero-order valence-electron chi connectivity index (χ0n) is 11.8. The van der Waals surface area contributed by atoms with E-state index in [1.54, 1.807) is 22.5 Å². The van der Waals surface area contributed by atoms with Crippen molar-refractivity contribution in [1.29, 1.82) is 0 Å². The number of benzene rings is 1. The largest absolute Gasteiger partial charge is 0.326 e. The van der Waals surface area contributed by atoms with Gasteiger partial charge in [0.05, 0.1) is 5.02 Å². The summed E-state index contributed by atoms with van der Waals surface area (Å²) in [5, 5.41) is 0.257. The van der Waals surface area contributed by atoms with E-state index in [9.17, 15) is 8.42 Å². The van der Waals surface area contributed by atoms with Gasteiger partial charge in [-0.3, -0.25) is 0 Å². The van der Waals surface area contributed by atoms with Crippen LogP contribution < -0.4 is 5.73 Å². The van der Waals surface area contributed by atoms with Crippen molar-refractivity contribution < 1.29 is 8.42 Å². The molecule has 1 aromatic carbocycles. The monoisotopic (exact) mass is 316 g/mol. The highest BCUT2D eigenvalue weighted by molar-refractivity contribution is 7.89. The Hall–Kier alpha value is -0.620. The molecule has 112 valence electrons. The predicted octanol–water partition coefficient (Wildman–Crippen LogP) is 2.61. The molecule has 2 rings (SSSR count). The zero-order valence-corrected chi connectivity index (χ0v) is 13.4. The van der Waals surface area contributed by atoms with E-state index in [-0.39, 0.29) is 16.0 Å². The Balaban J connectivity index is 2.44. The summed E-state index contributed by atoms with van der Waals surface area (Å²) < 4.78 is 27.2. The van der Waals surface area contributed by atoms with Gasteiger partial charge in [0, 0.05) is 19.1 Å². The van der Waals surface area contributed by atoms with Crippen LogP contribution in [0.4, 0.5) is 0 Å². The highest BCUT2D eigenvalue weighted by Crippen LogP contribution is 2.32. The van der Waals surface area contributed by atoms with Crippen molar-refractivity contribution in [2.45, 2.75) is 44.2 Å². The molecule has 6 heteroatoms. The molecule has 0 amide bonds. The maximum Gasteiger partial charge on any atom is 0.244 e. The molecule has 1 aliphatic heterocycles. The zero-order chi connectivity index (χ0) is 14.9. The minimum Gasteiger partial charge on any atom is -0.326 e. The quantitative estimate of drug-likeness (QED) is 0.932. The van der Waals surface area contributed by atoms with Crippen molar-refractivity contribution >= 4 is 21.6 Å². The Kier molecular flexibility index (Phi) is 4.74. The Morgan fingerprint density at radius 1 is 1.40 bits per heavy atom. The summed E-state index contributed by atoms with van der Waals surface area (Å²) in [6, 6.07) is 4.94. The summed E-state index contributed by atoms with van der Waals surface area (Å²) in [5.74, 6) is 0.356. The summed E-state index contributed by atoms with van der Waals surface area (Å²) in [5.41, 5.74) is 6.36. The third-order valence-corrected chi connectivity index (χ3v) is 6.60. The summed E-state index contributed by atoms with van der Waals surface area (Å²) in [6.07, 6.45) is 1.95. The summed E-state index contributed by atoms with van der Waals surface area (Å²) in [7, 11) is -3.56. The number of nitrogens with zero attached hydrogens (tertiary/aromatic N) is 1. The molecular weight excluding hydrogens is 296 g/mol. The number of halogens is 1. The Labute approximate surface area is 126 Å². The molecule has 4 nitrogen and oxygen atoms in total. The number of piperidine rings is 1. The van der Waals surface area contributed by atoms with Crippen LogP contribution >= 0.6 is 11.6 Å². The van der Waals surface area contributed by atoms with E-state index in [2.05, 4.69) is 6.92 Å². The number of rotatable bonds is 3. The standard InChI is InChI=1S/C14H21ClN2O2S/c1-10-4-3-7-17(11(10)2)20(18,19)14-8-12(9-16)5-6-13(14)15/h5-6,8,10-11H,3-4,7,9,16H2,1-2H3. The smallest absolute Gasteiger partial charge is 0.244 e. The lowest BCUT2D eigenvalue weighted by molar-refractivity contribution is 0.202. The van der Waals surface area contributed by atoms with Gasteiger partial charge in [0.25, 0.3) is 0 Å². The molecule has 2 unspecified atom stereocenters. The van der Waals surface area contributed by atoms with Crippen LogP contribution in [-0.2, 0) is 16.6 Å². The molecule has 2 atom stereocenters. The van der Waals surface area contributed by atoms with E-state index in [1.807, 2.05) is 6.92 Å². The van der Waals surface area contributed by atoms with Crippen molar-refractivity contribution in [3.63, 3.8) is 0 Å². The third kappa shape index (κ3) is 2.86. The maximum absolute atomic E-state index is 12.8. The van der Waals surface area contributed by atoms with Gasteiger partial charge in [0.15, 0.2) is 0 Å². The van der Waals surface area contributed by atoms with Gasteiger partial charge in [-0.05, 0) is 43.4 Å². The first-order valence-corrected chi connectivity index (χ1v) is 8.70. The number of hydrogen-bond donors (Lipinski definition) is 1. The lowest BCUT2D eigenvalue weighted by Crippen LogP contribution is -2.45. The van der Waals surface area contributed by atoms with E-state index in [1.165, 1.54) is 0 Å². The normalized spacial score (nSPS) is 24.8. The van der Waals surface area contributed by atoms with Crippen LogP contribution in [0.2, 0.25) is 5.02 Å². The molecule has 0 aromatic heterocycles. The molecule has 1 fully saturated rings. The average Bonchev–Trinajstić information content (AvgIpc) is 2.42. The van der Waals surface area contributed by atoms with Gasteiger partial charge in [-0.25, -0.2) is 8.42 Å². The lowest BCUT2D eigenvalue weighted by atomic mass is 9.94. The van der Waals surface area contributed by atoms with Gasteiger partial charge < -0.3 is 5.73 Å². The Morgan fingerprint density at radius 3 is 2.75 bits per heavy atom. The highest BCUT2D eigenvalue weighted by Gasteiger charge is 2.35. The minimum absolute atomic E-state index is 0.00801. The van der Waals surface area contributed by atoms with Crippen molar-refractivity contribution in [1.82, 2.24) is 4.31 Å². The van der Waals surface area contributed by atoms with Gasteiger partial charge >= 0.3 is 0 Å². The average molecular weight is 317 g/mol. The second-order valence-corrected chi connectivity index (χ2v) is 7.71. The molecule has 0 saturated carbocycles. The fourth-order valence-corrected chi connectivity index (χ4v) is 4.93. The van der Waals surface area contributed by atoms with Gasteiger partial charge in [-0.15, -0.1) is 0 Å². The van der Waals surface area contributed by atoms with E-state index in [0.29, 0.717) is 19.0 Å². The molecule has 20 heavy (non-hydrogen) atoms. The Bertz CT molecular complexity index is 589. The van der Waals surface area contributed by atoms with Crippen LogP contribution in [-0.4, -0.2) is 25.3 Å². The molecule has 1 saturated heterocycles. The van der Waals surface area contributed by atoms with Crippen LogP contribution in [0.15, 0.2) is 23.1 Å². The van der Waals surface area contributed by atoms with E-state index < -0.39 is 10.0 Å². The first-order valence-electron chi connectivity index (χ1n) is 6.88. The predicted molar refractivity (Wildman–Crippen MR) is 81.1 cm³/mol. The van der Waals surface area contributed by atoms with Crippen LogP contribution in [0.25, 0.3) is 0 Å².